The van der Waals surface area contributed by atoms with Crippen molar-refractivity contribution in [3.63, 3.8) is 0 Å². The van der Waals surface area contributed by atoms with Crippen molar-refractivity contribution in [1.82, 2.24) is 5.16 Å². The summed E-state index contributed by atoms with van der Waals surface area (Å²) in [4.78, 5) is 13.5. The van der Waals surface area contributed by atoms with E-state index in [1.165, 1.54) is 19.3 Å². The molecule has 0 bridgehead atoms. The third kappa shape index (κ3) is 2.81. The van der Waals surface area contributed by atoms with Gasteiger partial charge in [-0.3, -0.25) is 0 Å². The minimum Gasteiger partial charge on any atom is -0.477 e. The molecule has 0 radical (unpaired) electrons. The van der Waals surface area contributed by atoms with E-state index in [9.17, 15) is 9.90 Å². The van der Waals surface area contributed by atoms with Crippen LogP contribution in [0.1, 0.15) is 29.6 Å². The van der Waals surface area contributed by atoms with E-state index in [4.69, 9.17) is 16.1 Å². The molecular formula is C16H17ClN2O3. The van der Waals surface area contributed by atoms with Gasteiger partial charge >= 0.3 is 5.97 Å². The highest BCUT2D eigenvalue weighted by atomic mass is 35.5. The molecule has 0 saturated heterocycles. The van der Waals surface area contributed by atoms with Crippen LogP contribution in [0.2, 0.25) is 5.02 Å². The maximum atomic E-state index is 11.7. The van der Waals surface area contributed by atoms with E-state index in [0.29, 0.717) is 22.3 Å². The summed E-state index contributed by atoms with van der Waals surface area (Å²) in [7, 11) is 1.86. The van der Waals surface area contributed by atoms with Gasteiger partial charge in [0, 0.05) is 24.2 Å². The van der Waals surface area contributed by atoms with Gasteiger partial charge in [-0.05, 0) is 43.0 Å². The Morgan fingerprint density at radius 2 is 2.09 bits per heavy atom. The second-order valence-corrected chi connectivity index (χ2v) is 6.14. The summed E-state index contributed by atoms with van der Waals surface area (Å²) in [5.74, 6) is 0.216. The third-order valence-electron chi connectivity index (χ3n) is 4.11. The van der Waals surface area contributed by atoms with Crippen LogP contribution in [-0.2, 0) is 0 Å². The third-order valence-corrected chi connectivity index (χ3v) is 4.36. The zero-order valence-electron chi connectivity index (χ0n) is 12.3. The lowest BCUT2D eigenvalue weighted by molar-refractivity contribution is 0.0697. The highest BCUT2D eigenvalue weighted by molar-refractivity contribution is 6.30. The molecule has 1 aromatic heterocycles. The highest BCUT2D eigenvalue weighted by Gasteiger charge is 2.28. The van der Waals surface area contributed by atoms with Gasteiger partial charge in [-0.1, -0.05) is 23.2 Å². The van der Waals surface area contributed by atoms with E-state index < -0.39 is 5.97 Å². The Morgan fingerprint density at radius 1 is 1.41 bits per heavy atom. The molecule has 22 heavy (non-hydrogen) atoms. The topological polar surface area (TPSA) is 66.6 Å². The molecule has 1 fully saturated rings. The van der Waals surface area contributed by atoms with Crippen molar-refractivity contribution in [2.75, 3.05) is 18.5 Å². The molecule has 2 aromatic rings. The number of benzene rings is 1. The van der Waals surface area contributed by atoms with Gasteiger partial charge in [-0.25, -0.2) is 4.79 Å². The number of aromatic carboxylic acids is 1. The smallest absolute Gasteiger partial charge is 0.343 e. The van der Waals surface area contributed by atoms with Gasteiger partial charge in [0.25, 0.3) is 0 Å². The average Bonchev–Trinajstić information content (AvgIpc) is 2.88. The number of carbonyl (C=O) groups is 1. The molecule has 1 aromatic carbocycles. The van der Waals surface area contributed by atoms with E-state index in [2.05, 4.69) is 5.16 Å². The van der Waals surface area contributed by atoms with Crippen LogP contribution >= 0.6 is 11.6 Å². The number of anilines is 1. The molecule has 1 aliphatic rings. The zero-order valence-corrected chi connectivity index (χ0v) is 13.0. The number of rotatable bonds is 5. The van der Waals surface area contributed by atoms with Crippen LogP contribution in [0.15, 0.2) is 28.8 Å². The van der Waals surface area contributed by atoms with Crippen LogP contribution < -0.4 is 4.90 Å². The van der Waals surface area contributed by atoms with Crippen LogP contribution in [-0.4, -0.2) is 29.8 Å². The number of carboxylic acid groups (broad SMARTS) is 1. The molecule has 3 rings (SSSR count). The fourth-order valence-corrected chi connectivity index (χ4v) is 2.81. The molecule has 1 aliphatic carbocycles. The quantitative estimate of drug-likeness (QED) is 0.904. The summed E-state index contributed by atoms with van der Waals surface area (Å²) in [6.07, 6.45) is 3.63. The molecule has 0 spiro atoms. The monoisotopic (exact) mass is 320 g/mol. The fraction of sp³-hybridized carbons (Fsp3) is 0.375. The summed E-state index contributed by atoms with van der Waals surface area (Å²) in [5.41, 5.74) is 0.752. The van der Waals surface area contributed by atoms with Gasteiger partial charge in [0.05, 0.1) is 0 Å². The first-order valence-corrected chi connectivity index (χ1v) is 7.64. The van der Waals surface area contributed by atoms with Crippen LogP contribution in [0.4, 0.5) is 5.82 Å². The molecule has 0 amide bonds. The normalized spacial score (nSPS) is 14.6. The lowest BCUT2D eigenvalue weighted by atomic mass is 9.85. The Balaban J connectivity index is 1.94. The molecule has 1 N–H and O–H groups in total. The van der Waals surface area contributed by atoms with Crippen molar-refractivity contribution < 1.29 is 14.4 Å². The molecule has 1 saturated carbocycles. The maximum Gasteiger partial charge on any atom is 0.343 e. The number of hydrogen-bond donors (Lipinski definition) is 1. The van der Waals surface area contributed by atoms with E-state index in [0.717, 1.165) is 6.54 Å². The number of hydrogen-bond acceptors (Lipinski definition) is 4. The largest absolute Gasteiger partial charge is 0.477 e. The fourth-order valence-electron chi connectivity index (χ4n) is 2.68. The van der Waals surface area contributed by atoms with Gasteiger partial charge in [0.2, 0.25) is 0 Å². The first-order valence-electron chi connectivity index (χ1n) is 7.26. The summed E-state index contributed by atoms with van der Waals surface area (Å²) >= 11 is 5.87. The molecule has 0 unspecified atom stereocenters. The number of nitrogens with zero attached hydrogens (tertiary/aromatic N) is 2. The Hall–Kier alpha value is -2.01. The minimum atomic E-state index is -1.04. The van der Waals surface area contributed by atoms with Crippen molar-refractivity contribution >= 4 is 23.4 Å². The number of halogens is 1. The molecule has 5 nitrogen and oxygen atoms in total. The second kappa shape index (κ2) is 6.01. The summed E-state index contributed by atoms with van der Waals surface area (Å²) in [6, 6.07) is 6.85. The molecule has 0 aliphatic heterocycles. The predicted octanol–water partition coefficient (Wildman–Crippen LogP) is 3.93. The Morgan fingerprint density at radius 3 is 2.64 bits per heavy atom. The van der Waals surface area contributed by atoms with E-state index in [-0.39, 0.29) is 11.3 Å². The van der Waals surface area contributed by atoms with Gasteiger partial charge in [-0.15, -0.1) is 0 Å². The zero-order chi connectivity index (χ0) is 15.7. The van der Waals surface area contributed by atoms with Crippen molar-refractivity contribution in [1.29, 1.82) is 0 Å². The van der Waals surface area contributed by atoms with Crippen LogP contribution in [0.25, 0.3) is 11.3 Å². The molecule has 6 heteroatoms. The van der Waals surface area contributed by atoms with Crippen molar-refractivity contribution in [3.05, 3.63) is 34.9 Å². The Bertz CT molecular complexity index is 677. The van der Waals surface area contributed by atoms with Gasteiger partial charge < -0.3 is 14.5 Å². The van der Waals surface area contributed by atoms with Gasteiger partial charge in [0.1, 0.15) is 0 Å². The molecule has 116 valence electrons. The first kappa shape index (κ1) is 14.9. The van der Waals surface area contributed by atoms with Crippen LogP contribution in [0, 0.1) is 5.92 Å². The van der Waals surface area contributed by atoms with Crippen molar-refractivity contribution in [3.8, 4) is 11.3 Å². The first-order chi connectivity index (χ1) is 10.6. The SMILES string of the molecule is CN(CC1CCC1)c1noc(-c2ccc(Cl)cc2)c1C(=O)O. The average molecular weight is 321 g/mol. The number of carboxylic acids is 1. The van der Waals surface area contributed by atoms with E-state index in [1.54, 1.807) is 24.3 Å². The second-order valence-electron chi connectivity index (χ2n) is 5.70. The summed E-state index contributed by atoms with van der Waals surface area (Å²) < 4.78 is 5.32. The van der Waals surface area contributed by atoms with E-state index in [1.807, 2.05) is 11.9 Å². The van der Waals surface area contributed by atoms with E-state index >= 15 is 0 Å². The lowest BCUT2D eigenvalue weighted by Crippen LogP contribution is -2.30. The molecule has 0 atom stereocenters. The molecular weight excluding hydrogens is 304 g/mol. The Kier molecular flexibility index (Phi) is 4.07. The Labute approximate surface area is 133 Å². The molecule has 1 heterocycles. The maximum absolute atomic E-state index is 11.7. The van der Waals surface area contributed by atoms with Crippen molar-refractivity contribution in [2.45, 2.75) is 19.3 Å². The predicted molar refractivity (Wildman–Crippen MR) is 84.5 cm³/mol. The summed E-state index contributed by atoms with van der Waals surface area (Å²) in [6.45, 7) is 0.798. The number of aromatic nitrogens is 1. The van der Waals surface area contributed by atoms with Crippen molar-refractivity contribution in [2.24, 2.45) is 5.92 Å². The van der Waals surface area contributed by atoms with Gasteiger partial charge in [-0.2, -0.15) is 0 Å². The highest BCUT2D eigenvalue weighted by Crippen LogP contribution is 2.34. The van der Waals surface area contributed by atoms with Crippen LogP contribution in [0.5, 0.6) is 0 Å². The lowest BCUT2D eigenvalue weighted by Gasteiger charge is -2.30. The van der Waals surface area contributed by atoms with Gasteiger partial charge in [0.15, 0.2) is 17.1 Å². The summed E-state index contributed by atoms with van der Waals surface area (Å²) in [5, 5.41) is 14.1. The standard InChI is InChI=1S/C16H17ClN2O3/c1-19(9-10-3-2-4-10)15-13(16(20)21)14(22-18-15)11-5-7-12(17)8-6-11/h5-8,10H,2-4,9H2,1H3,(H,20,21). The van der Waals surface area contributed by atoms with Crippen LogP contribution in [0.3, 0.4) is 0 Å². The minimum absolute atomic E-state index is 0.101.